The number of aryl methyl sites for hydroxylation is 1. The van der Waals surface area contributed by atoms with Crippen molar-refractivity contribution in [1.29, 1.82) is 0 Å². The van der Waals surface area contributed by atoms with Gasteiger partial charge in [0.2, 0.25) is 10.0 Å². The molecule has 4 aliphatic heterocycles. The molecular formula is C36H47F3N6O6S. The fourth-order valence-corrected chi connectivity index (χ4v) is 8.71. The van der Waals surface area contributed by atoms with Gasteiger partial charge in [0.25, 0.3) is 5.91 Å². The van der Waals surface area contributed by atoms with Gasteiger partial charge in [0, 0.05) is 83.1 Å². The van der Waals surface area contributed by atoms with E-state index in [4.69, 9.17) is 4.74 Å². The largest absolute Gasteiger partial charge is 0.436 e. The second kappa shape index (κ2) is 15.6. The van der Waals surface area contributed by atoms with Gasteiger partial charge in [-0.1, -0.05) is 29.8 Å². The number of urea groups is 1. The normalized spacial score (nSPS) is 20.9. The fraction of sp³-hybridized carbons (Fsp3) is 0.583. The van der Waals surface area contributed by atoms with E-state index in [2.05, 4.69) is 10.2 Å². The van der Waals surface area contributed by atoms with Gasteiger partial charge in [0.05, 0.1) is 11.8 Å². The first-order chi connectivity index (χ1) is 24.7. The molecule has 0 radical (unpaired) electrons. The van der Waals surface area contributed by atoms with E-state index in [1.807, 2.05) is 24.3 Å². The summed E-state index contributed by atoms with van der Waals surface area (Å²) >= 11 is 0. The van der Waals surface area contributed by atoms with Crippen LogP contribution in [-0.4, -0.2) is 134 Å². The molecule has 0 aliphatic carbocycles. The Labute approximate surface area is 302 Å². The molecule has 12 nitrogen and oxygen atoms in total. The summed E-state index contributed by atoms with van der Waals surface area (Å²) in [5, 5.41) is 2.98. The molecule has 4 aliphatic rings. The first-order valence-corrected chi connectivity index (χ1v) is 19.8. The molecule has 0 bridgehead atoms. The van der Waals surface area contributed by atoms with Gasteiger partial charge in [0.15, 0.2) is 6.10 Å². The number of hydrogen-bond acceptors (Lipinski definition) is 7. The number of anilines is 1. The number of amides is 4. The zero-order chi connectivity index (χ0) is 37.2. The number of ether oxygens (including phenoxy) is 1. The van der Waals surface area contributed by atoms with Crippen molar-refractivity contribution >= 4 is 33.7 Å². The molecule has 2 aromatic rings. The van der Waals surface area contributed by atoms with E-state index in [9.17, 15) is 36.0 Å². The molecule has 0 spiro atoms. The van der Waals surface area contributed by atoms with Crippen LogP contribution in [-0.2, 0) is 38.6 Å². The zero-order valence-corrected chi connectivity index (χ0v) is 30.4. The van der Waals surface area contributed by atoms with Crippen molar-refractivity contribution < 1.29 is 40.7 Å². The van der Waals surface area contributed by atoms with Crippen molar-refractivity contribution in [2.45, 2.75) is 69.8 Å². The monoisotopic (exact) mass is 748 g/mol. The Kier molecular flexibility index (Phi) is 11.4. The van der Waals surface area contributed by atoms with Crippen LogP contribution in [0.1, 0.15) is 47.9 Å². The van der Waals surface area contributed by atoms with Crippen LogP contribution in [0.4, 0.5) is 28.4 Å². The number of halogens is 3. The summed E-state index contributed by atoms with van der Waals surface area (Å²) in [6.45, 7) is 5.42. The van der Waals surface area contributed by atoms with E-state index in [1.165, 1.54) is 15.5 Å². The number of rotatable bonds is 7. The molecule has 0 saturated carbocycles. The summed E-state index contributed by atoms with van der Waals surface area (Å²) in [7, 11) is -3.26. The topological polar surface area (TPSA) is 123 Å². The highest BCUT2D eigenvalue weighted by molar-refractivity contribution is 7.88. The maximum Gasteiger partial charge on any atom is 0.416 e. The molecule has 0 aromatic heterocycles. The molecule has 4 heterocycles. The number of hydrogen-bond donors (Lipinski definition) is 1. The van der Waals surface area contributed by atoms with Crippen LogP contribution in [0.15, 0.2) is 42.5 Å². The van der Waals surface area contributed by atoms with Gasteiger partial charge >= 0.3 is 18.3 Å². The van der Waals surface area contributed by atoms with E-state index < -0.39 is 39.9 Å². The number of sulfonamides is 1. The third kappa shape index (κ3) is 9.00. The summed E-state index contributed by atoms with van der Waals surface area (Å²) in [4.78, 5) is 47.8. The highest BCUT2D eigenvalue weighted by atomic mass is 32.2. The molecule has 3 saturated heterocycles. The van der Waals surface area contributed by atoms with Crippen molar-refractivity contribution in [3.05, 3.63) is 64.7 Å². The van der Waals surface area contributed by atoms with Crippen LogP contribution in [0, 0.1) is 6.92 Å². The summed E-state index contributed by atoms with van der Waals surface area (Å²) in [5.74, 6) is -0.459. The number of fused-ring (bicyclic) bond motifs is 1. The number of para-hydroxylation sites is 1. The second-order valence-corrected chi connectivity index (χ2v) is 16.3. The summed E-state index contributed by atoms with van der Waals surface area (Å²) in [5.41, 5.74) is 1.63. The number of carbonyl (C=O) groups excluding carboxylic acids is 3. The molecular weight excluding hydrogens is 701 g/mol. The molecule has 2 aromatic carbocycles. The van der Waals surface area contributed by atoms with Crippen molar-refractivity contribution in [3.63, 3.8) is 0 Å². The standard InChI is InChI=1S/C36H47F3N6O6S/c1-25-21-26(23-28(22-25)36(37,38)39)24-32(33(46)42-12-8-29(9-13-42)41-17-19-44(20-18-41)52(2,49)50)51-35(48)43-14-10-30(11-15-43)45-16-7-27-5-3-4-6-31(27)40-34(45)47/h3-6,21-23,29-30,32H,7-20,24H2,1-2H3,(H,40,47)/t32-/m1/s1. The number of likely N-dealkylation sites (tertiary alicyclic amines) is 2. The number of carbonyl (C=O) groups is 3. The van der Waals surface area contributed by atoms with Crippen LogP contribution in [0.2, 0.25) is 0 Å². The molecule has 4 amide bonds. The lowest BCUT2D eigenvalue weighted by atomic mass is 9.99. The average molecular weight is 749 g/mol. The molecule has 3 fully saturated rings. The zero-order valence-electron chi connectivity index (χ0n) is 29.6. The lowest BCUT2D eigenvalue weighted by Crippen LogP contribution is -2.55. The third-order valence-electron chi connectivity index (χ3n) is 10.7. The molecule has 0 unspecified atom stereocenters. The average Bonchev–Trinajstić information content (AvgIpc) is 3.28. The number of benzene rings is 2. The number of piperazine rings is 1. The lowest BCUT2D eigenvalue weighted by molar-refractivity contribution is -0.142. The van der Waals surface area contributed by atoms with Crippen LogP contribution in [0.25, 0.3) is 0 Å². The van der Waals surface area contributed by atoms with E-state index >= 15 is 0 Å². The van der Waals surface area contributed by atoms with Crippen LogP contribution in [0.3, 0.4) is 0 Å². The third-order valence-corrected chi connectivity index (χ3v) is 12.0. The first-order valence-electron chi connectivity index (χ1n) is 17.9. The predicted molar refractivity (Wildman–Crippen MR) is 188 cm³/mol. The van der Waals surface area contributed by atoms with Gasteiger partial charge in [-0.3, -0.25) is 9.69 Å². The molecule has 1 N–H and O–H groups in total. The predicted octanol–water partition coefficient (Wildman–Crippen LogP) is 4.18. The molecule has 16 heteroatoms. The van der Waals surface area contributed by atoms with E-state index in [0.717, 1.165) is 23.4 Å². The highest BCUT2D eigenvalue weighted by Crippen LogP contribution is 2.32. The SMILES string of the molecule is Cc1cc(C[C@@H](OC(=O)N2CCC(N3CCc4ccccc4NC3=O)CC2)C(=O)N2CCC(N3CCN(S(C)(=O)=O)CC3)CC2)cc(C(F)(F)F)c1. The van der Waals surface area contributed by atoms with Crippen molar-refractivity contribution in [1.82, 2.24) is 23.9 Å². The highest BCUT2D eigenvalue weighted by Gasteiger charge is 2.38. The van der Waals surface area contributed by atoms with E-state index in [-0.39, 0.29) is 30.1 Å². The maximum atomic E-state index is 14.0. The Morgan fingerprint density at radius 1 is 0.885 bits per heavy atom. The van der Waals surface area contributed by atoms with E-state index in [1.54, 1.807) is 22.8 Å². The first kappa shape index (κ1) is 37.9. The van der Waals surface area contributed by atoms with Gasteiger partial charge in [-0.25, -0.2) is 18.0 Å². The van der Waals surface area contributed by atoms with Gasteiger partial charge in [-0.15, -0.1) is 0 Å². The summed E-state index contributed by atoms with van der Waals surface area (Å²) < 4.78 is 72.3. The number of nitrogens with one attached hydrogen (secondary N) is 1. The Hall–Kier alpha value is -3.89. The van der Waals surface area contributed by atoms with Gasteiger partial charge in [-0.2, -0.15) is 17.5 Å². The number of piperidine rings is 2. The lowest BCUT2D eigenvalue weighted by Gasteiger charge is -2.42. The van der Waals surface area contributed by atoms with Crippen molar-refractivity contribution in [2.75, 3.05) is 70.5 Å². The number of alkyl halides is 3. The van der Waals surface area contributed by atoms with Crippen LogP contribution < -0.4 is 5.32 Å². The fourth-order valence-electron chi connectivity index (χ4n) is 7.89. The van der Waals surface area contributed by atoms with Crippen LogP contribution >= 0.6 is 0 Å². The molecule has 52 heavy (non-hydrogen) atoms. The van der Waals surface area contributed by atoms with Gasteiger partial charge in [0.1, 0.15) is 0 Å². The van der Waals surface area contributed by atoms with Crippen LogP contribution in [0.5, 0.6) is 0 Å². The molecule has 1 atom stereocenters. The minimum atomic E-state index is -4.58. The van der Waals surface area contributed by atoms with Gasteiger partial charge < -0.3 is 24.8 Å². The quantitative estimate of drug-likeness (QED) is 0.451. The number of nitrogens with zero attached hydrogens (tertiary/aromatic N) is 5. The van der Waals surface area contributed by atoms with Crippen molar-refractivity contribution in [3.8, 4) is 0 Å². The maximum absolute atomic E-state index is 14.0. The Morgan fingerprint density at radius 2 is 1.52 bits per heavy atom. The Morgan fingerprint density at radius 3 is 2.17 bits per heavy atom. The Bertz CT molecular complexity index is 1740. The smallest absolute Gasteiger partial charge is 0.416 e. The minimum absolute atomic E-state index is 0.0977. The van der Waals surface area contributed by atoms with E-state index in [0.29, 0.717) is 96.6 Å². The van der Waals surface area contributed by atoms with Crippen molar-refractivity contribution in [2.24, 2.45) is 0 Å². The van der Waals surface area contributed by atoms with Gasteiger partial charge in [-0.05, 0) is 68.4 Å². The second-order valence-electron chi connectivity index (χ2n) is 14.3. The summed E-state index contributed by atoms with van der Waals surface area (Å²) in [6, 6.07) is 11.2. The summed E-state index contributed by atoms with van der Waals surface area (Å²) in [6.07, 6.45) is -2.65. The Balaban J connectivity index is 1.09. The molecule has 284 valence electrons. The molecule has 6 rings (SSSR count). The minimum Gasteiger partial charge on any atom is -0.436 e.